The monoisotopic (exact) mass is 566 g/mol. The van der Waals surface area contributed by atoms with Gasteiger partial charge in [-0.25, -0.2) is 4.98 Å². The van der Waals surface area contributed by atoms with Crippen molar-refractivity contribution in [2.75, 3.05) is 19.0 Å². The van der Waals surface area contributed by atoms with E-state index < -0.39 is 17.9 Å². The van der Waals surface area contributed by atoms with Crippen LogP contribution in [0, 0.1) is 6.92 Å². The van der Waals surface area contributed by atoms with Crippen molar-refractivity contribution in [2.24, 2.45) is 0 Å². The minimum atomic E-state index is -4.89. The summed E-state index contributed by atoms with van der Waals surface area (Å²) in [5.74, 6) is -1.29. The van der Waals surface area contributed by atoms with E-state index in [0.29, 0.717) is 20.8 Å². The molecule has 0 radical (unpaired) electrons. The highest BCUT2D eigenvalue weighted by atomic mass is 35.5. The zero-order valence-electron chi connectivity index (χ0n) is 19.5. The van der Waals surface area contributed by atoms with Crippen molar-refractivity contribution in [3.8, 4) is 5.75 Å². The van der Waals surface area contributed by atoms with Gasteiger partial charge in [-0.3, -0.25) is 4.79 Å². The van der Waals surface area contributed by atoms with Crippen LogP contribution < -0.4 is 10.1 Å². The molecule has 0 aliphatic rings. The number of ether oxygens (including phenoxy) is 1. The third kappa shape index (κ3) is 11.7. The number of aliphatic hydroxyl groups excluding tert-OH is 1. The standard InChI is InChI=1S/C14H10ClF3N2O2.C7H6Cl2.C2H6O.CH2O/c1-19-10-6-8(15)7-20-12(10)13(21)9-4-2-3-5-11(9)22-14(16,17)18;1-5-2-3-6(8)7(9)4-5;1-2-3;1-2/h2-7,19H,1H3;2-4H,1H3;3H,2H2,1H3;1H2. The molecule has 0 spiro atoms. The molecule has 3 rings (SSSR count). The van der Waals surface area contributed by atoms with E-state index >= 15 is 0 Å². The number of hydrogen-bond acceptors (Lipinski definition) is 6. The van der Waals surface area contributed by atoms with Crippen LogP contribution in [0.2, 0.25) is 15.1 Å². The first-order chi connectivity index (χ1) is 16.9. The maximum absolute atomic E-state index is 12.5. The van der Waals surface area contributed by atoms with Crippen LogP contribution in [0.25, 0.3) is 0 Å². The summed E-state index contributed by atoms with van der Waals surface area (Å²) in [5, 5.41) is 11.8. The summed E-state index contributed by atoms with van der Waals surface area (Å²) in [6, 6.07) is 12.1. The summed E-state index contributed by atoms with van der Waals surface area (Å²) in [5.41, 5.74) is 1.14. The predicted octanol–water partition coefficient (Wildman–Crippen LogP) is 7.02. The normalized spacial score (nSPS) is 9.83. The number of carbonyl (C=O) groups is 2. The van der Waals surface area contributed by atoms with Gasteiger partial charge in [-0.1, -0.05) is 53.0 Å². The number of carbonyl (C=O) groups excluding carboxylic acids is 2. The lowest BCUT2D eigenvalue weighted by atomic mass is 10.1. The topological polar surface area (TPSA) is 88.5 Å². The molecule has 0 amide bonds. The molecular weight excluding hydrogens is 544 g/mol. The van der Waals surface area contributed by atoms with Gasteiger partial charge in [0.15, 0.2) is 0 Å². The third-order valence-corrected chi connectivity index (χ3v) is 4.72. The van der Waals surface area contributed by atoms with Gasteiger partial charge in [-0.15, -0.1) is 13.2 Å². The van der Waals surface area contributed by atoms with Crippen molar-refractivity contribution in [2.45, 2.75) is 20.2 Å². The van der Waals surface area contributed by atoms with Crippen LogP contribution in [0.1, 0.15) is 28.5 Å². The summed E-state index contributed by atoms with van der Waals surface area (Å²) in [4.78, 5) is 24.3. The van der Waals surface area contributed by atoms with E-state index in [4.69, 9.17) is 44.7 Å². The molecule has 0 aliphatic heterocycles. The fourth-order valence-electron chi connectivity index (χ4n) is 2.41. The number of aliphatic hydroxyl groups is 1. The second-order valence-corrected chi connectivity index (χ2v) is 7.66. The highest BCUT2D eigenvalue weighted by Crippen LogP contribution is 2.29. The van der Waals surface area contributed by atoms with Gasteiger partial charge in [0.05, 0.1) is 26.3 Å². The number of ketones is 1. The number of aromatic nitrogens is 1. The fraction of sp³-hybridized carbons (Fsp3) is 0.208. The average Bonchev–Trinajstić information content (AvgIpc) is 2.83. The minimum absolute atomic E-state index is 0.0508. The predicted molar refractivity (Wildman–Crippen MR) is 136 cm³/mol. The Bertz CT molecular complexity index is 1120. The minimum Gasteiger partial charge on any atom is -0.405 e. The number of halogens is 6. The van der Waals surface area contributed by atoms with Gasteiger partial charge in [0.2, 0.25) is 5.78 Å². The van der Waals surface area contributed by atoms with Gasteiger partial charge >= 0.3 is 6.36 Å². The van der Waals surface area contributed by atoms with Crippen LogP contribution in [0.5, 0.6) is 5.75 Å². The lowest BCUT2D eigenvalue weighted by Gasteiger charge is -2.13. The Labute approximate surface area is 222 Å². The van der Waals surface area contributed by atoms with Crippen LogP contribution in [0.15, 0.2) is 54.7 Å². The number of pyridine rings is 1. The molecule has 36 heavy (non-hydrogen) atoms. The maximum atomic E-state index is 12.5. The Balaban J connectivity index is 0.000000723. The Kier molecular flexibility index (Phi) is 15.4. The molecule has 0 saturated carbocycles. The number of benzene rings is 2. The quantitative estimate of drug-likeness (QED) is 0.329. The van der Waals surface area contributed by atoms with E-state index in [0.717, 1.165) is 11.6 Å². The molecule has 1 aromatic heterocycles. The first kappa shape index (κ1) is 33.1. The number of hydrogen-bond donors (Lipinski definition) is 2. The summed E-state index contributed by atoms with van der Waals surface area (Å²) in [7, 11) is 1.54. The molecule has 0 atom stereocenters. The third-order valence-electron chi connectivity index (χ3n) is 3.77. The van der Waals surface area contributed by atoms with E-state index in [1.807, 2.05) is 25.8 Å². The molecule has 196 valence electrons. The molecule has 1 heterocycles. The van der Waals surface area contributed by atoms with E-state index in [1.54, 1.807) is 20.0 Å². The number of nitrogens with one attached hydrogen (secondary N) is 1. The van der Waals surface area contributed by atoms with Gasteiger partial charge in [-0.2, -0.15) is 0 Å². The van der Waals surface area contributed by atoms with Crippen molar-refractivity contribution < 1.29 is 32.6 Å². The Morgan fingerprint density at radius 1 is 1.08 bits per heavy atom. The molecule has 0 saturated heterocycles. The van der Waals surface area contributed by atoms with E-state index in [-0.39, 0.29) is 17.9 Å². The van der Waals surface area contributed by atoms with Crippen LogP contribution >= 0.6 is 34.8 Å². The molecule has 12 heteroatoms. The maximum Gasteiger partial charge on any atom is 0.573 e. The molecule has 3 aromatic rings. The molecule has 0 aliphatic carbocycles. The van der Waals surface area contributed by atoms with Crippen LogP contribution in [0.3, 0.4) is 0 Å². The Hall–Kier alpha value is -2.85. The molecule has 2 N–H and O–H groups in total. The first-order valence-corrected chi connectivity index (χ1v) is 11.1. The van der Waals surface area contributed by atoms with Gasteiger partial charge in [0.25, 0.3) is 0 Å². The highest BCUT2D eigenvalue weighted by molar-refractivity contribution is 6.42. The smallest absolute Gasteiger partial charge is 0.405 e. The molecule has 6 nitrogen and oxygen atoms in total. The highest BCUT2D eigenvalue weighted by Gasteiger charge is 2.33. The van der Waals surface area contributed by atoms with Crippen molar-refractivity contribution in [1.29, 1.82) is 0 Å². The fourth-order valence-corrected chi connectivity index (χ4v) is 2.92. The summed E-state index contributed by atoms with van der Waals surface area (Å²) in [6.45, 7) is 5.90. The second kappa shape index (κ2) is 16.8. The Morgan fingerprint density at radius 2 is 1.67 bits per heavy atom. The number of rotatable bonds is 4. The van der Waals surface area contributed by atoms with Crippen molar-refractivity contribution in [3.63, 3.8) is 0 Å². The molecular formula is C24H24Cl3F3N2O4. The van der Waals surface area contributed by atoms with Crippen molar-refractivity contribution >= 4 is 53.1 Å². The van der Waals surface area contributed by atoms with Gasteiger partial charge < -0.3 is 20.0 Å². The first-order valence-electron chi connectivity index (χ1n) is 9.97. The zero-order valence-corrected chi connectivity index (χ0v) is 21.8. The molecule has 2 aromatic carbocycles. The number of nitrogens with zero attached hydrogens (tertiary/aromatic N) is 1. The van der Waals surface area contributed by atoms with Gasteiger partial charge in [0, 0.05) is 19.9 Å². The van der Waals surface area contributed by atoms with Crippen molar-refractivity contribution in [3.05, 3.63) is 86.6 Å². The number of anilines is 1. The van der Waals surface area contributed by atoms with E-state index in [1.165, 1.54) is 30.5 Å². The summed E-state index contributed by atoms with van der Waals surface area (Å²) in [6.07, 6.45) is -3.65. The molecule has 0 unspecified atom stereocenters. The Morgan fingerprint density at radius 3 is 2.17 bits per heavy atom. The number of alkyl halides is 3. The molecule has 0 bridgehead atoms. The summed E-state index contributed by atoms with van der Waals surface area (Å²) >= 11 is 17.1. The lowest BCUT2D eigenvalue weighted by Crippen LogP contribution is -2.19. The summed E-state index contributed by atoms with van der Waals surface area (Å²) < 4.78 is 41.1. The SMILES string of the molecule is C=O.CCO.CNc1cc(Cl)cnc1C(=O)c1ccccc1OC(F)(F)F.Cc1ccc(Cl)c(Cl)c1. The lowest BCUT2D eigenvalue weighted by molar-refractivity contribution is -0.274. The van der Waals surface area contributed by atoms with E-state index in [2.05, 4.69) is 15.0 Å². The average molecular weight is 568 g/mol. The second-order valence-electron chi connectivity index (χ2n) is 6.41. The van der Waals surface area contributed by atoms with Gasteiger partial charge in [-0.05, 0) is 49.7 Å². The number of aryl methyl sites for hydroxylation is 1. The van der Waals surface area contributed by atoms with Crippen LogP contribution in [-0.4, -0.2) is 42.7 Å². The zero-order chi connectivity index (χ0) is 27.9. The van der Waals surface area contributed by atoms with Crippen LogP contribution in [0.4, 0.5) is 18.9 Å². The largest absolute Gasteiger partial charge is 0.573 e. The van der Waals surface area contributed by atoms with Crippen molar-refractivity contribution in [1.82, 2.24) is 4.98 Å². The van der Waals surface area contributed by atoms with E-state index in [9.17, 15) is 18.0 Å². The van der Waals surface area contributed by atoms with Gasteiger partial charge in [0.1, 0.15) is 18.2 Å². The molecule has 0 fully saturated rings. The number of para-hydroxylation sites is 1. The van der Waals surface area contributed by atoms with Crippen LogP contribution in [-0.2, 0) is 4.79 Å².